The van der Waals surface area contributed by atoms with Crippen LogP contribution in [0.4, 0.5) is 0 Å². The zero-order valence-electron chi connectivity index (χ0n) is 14.2. The second kappa shape index (κ2) is 6.36. The van der Waals surface area contributed by atoms with Crippen LogP contribution in [-0.2, 0) is 7.05 Å². The highest BCUT2D eigenvalue weighted by atomic mass is 32.2. The summed E-state index contributed by atoms with van der Waals surface area (Å²) in [5, 5.41) is 5.87. The topological polar surface area (TPSA) is 98.3 Å². The zero-order chi connectivity index (χ0) is 18.2. The molecule has 5 rings (SSSR count). The summed E-state index contributed by atoms with van der Waals surface area (Å²) in [6.45, 7) is 0. The summed E-state index contributed by atoms with van der Waals surface area (Å²) < 4.78 is 7.65. The van der Waals surface area contributed by atoms with Crippen molar-refractivity contribution in [3.63, 3.8) is 0 Å². The van der Waals surface area contributed by atoms with Gasteiger partial charge in [-0.25, -0.2) is 19.6 Å². The van der Waals surface area contributed by atoms with Gasteiger partial charge in [0.05, 0.1) is 0 Å². The zero-order valence-corrected chi connectivity index (χ0v) is 15.0. The lowest BCUT2D eigenvalue weighted by Crippen LogP contribution is -1.92. The molecule has 5 aromatic heterocycles. The number of hydrogen-bond donors (Lipinski definition) is 1. The molecule has 0 fully saturated rings. The Bertz CT molecular complexity index is 1210. The van der Waals surface area contributed by atoms with Gasteiger partial charge in [0, 0.05) is 37.4 Å². The minimum absolute atomic E-state index is 0.631. The van der Waals surface area contributed by atoms with E-state index in [4.69, 9.17) is 4.42 Å². The van der Waals surface area contributed by atoms with Crippen LogP contribution in [0.1, 0.15) is 0 Å². The number of nitrogens with zero attached hydrogens (tertiary/aromatic N) is 6. The molecule has 132 valence electrons. The van der Waals surface area contributed by atoms with Crippen LogP contribution in [0.2, 0.25) is 0 Å². The van der Waals surface area contributed by atoms with Crippen LogP contribution in [0.25, 0.3) is 34.0 Å². The number of furan rings is 1. The summed E-state index contributed by atoms with van der Waals surface area (Å²) in [4.78, 5) is 20.5. The van der Waals surface area contributed by atoms with Crippen molar-refractivity contribution >= 4 is 22.9 Å². The summed E-state index contributed by atoms with van der Waals surface area (Å²) in [7, 11) is 1.86. The lowest BCUT2D eigenvalue weighted by molar-refractivity contribution is 0.484. The average Bonchev–Trinajstić information content (AvgIpc) is 3.40. The van der Waals surface area contributed by atoms with Gasteiger partial charge in [-0.1, -0.05) is 0 Å². The number of rotatable bonds is 4. The Hall–Kier alpha value is -3.46. The Balaban J connectivity index is 1.51. The average molecular weight is 375 g/mol. The molecular weight excluding hydrogens is 362 g/mol. The van der Waals surface area contributed by atoms with E-state index in [0.29, 0.717) is 21.8 Å². The van der Waals surface area contributed by atoms with Crippen LogP contribution in [0.3, 0.4) is 0 Å². The van der Waals surface area contributed by atoms with E-state index in [0.717, 1.165) is 22.4 Å². The van der Waals surface area contributed by atoms with E-state index < -0.39 is 0 Å². The molecule has 0 aromatic carbocycles. The fourth-order valence-electron chi connectivity index (χ4n) is 2.76. The minimum atomic E-state index is 0.631. The van der Waals surface area contributed by atoms with E-state index in [9.17, 15) is 0 Å². The molecule has 0 aliphatic rings. The van der Waals surface area contributed by atoms with E-state index in [-0.39, 0.29) is 0 Å². The number of hydrogen-bond acceptors (Lipinski definition) is 7. The first kappa shape index (κ1) is 15.8. The number of imidazole rings is 1. The van der Waals surface area contributed by atoms with Gasteiger partial charge in [-0.05, 0) is 42.1 Å². The van der Waals surface area contributed by atoms with Crippen LogP contribution in [-0.4, -0.2) is 34.7 Å². The molecule has 0 saturated heterocycles. The maximum absolute atomic E-state index is 5.91. The van der Waals surface area contributed by atoms with Crippen LogP contribution in [0.5, 0.6) is 0 Å². The highest BCUT2D eigenvalue weighted by molar-refractivity contribution is 7.99. The quantitative estimate of drug-likeness (QED) is 0.480. The molecule has 0 aliphatic carbocycles. The molecule has 27 heavy (non-hydrogen) atoms. The Morgan fingerprint density at radius 1 is 1.07 bits per heavy atom. The van der Waals surface area contributed by atoms with Gasteiger partial charge >= 0.3 is 0 Å². The number of aromatic nitrogens is 7. The van der Waals surface area contributed by atoms with Gasteiger partial charge in [-0.15, -0.1) is 0 Å². The molecule has 0 radical (unpaired) electrons. The number of pyridine rings is 1. The molecular formula is C18H13N7OS. The summed E-state index contributed by atoms with van der Waals surface area (Å²) in [6, 6.07) is 9.38. The lowest BCUT2D eigenvalue weighted by atomic mass is 10.2. The number of aromatic amines is 1. The van der Waals surface area contributed by atoms with Gasteiger partial charge in [0.15, 0.2) is 27.5 Å². The van der Waals surface area contributed by atoms with Crippen LogP contribution >= 0.6 is 11.8 Å². The number of H-pyrrole nitrogens is 1. The summed E-state index contributed by atoms with van der Waals surface area (Å²) in [5.74, 6) is 1.28. The van der Waals surface area contributed by atoms with Gasteiger partial charge < -0.3 is 9.40 Å². The molecule has 5 heterocycles. The van der Waals surface area contributed by atoms with Crippen LogP contribution in [0, 0.1) is 0 Å². The molecule has 0 amide bonds. The lowest BCUT2D eigenvalue weighted by Gasteiger charge is -1.96. The summed E-state index contributed by atoms with van der Waals surface area (Å²) in [5.41, 5.74) is 3.33. The van der Waals surface area contributed by atoms with Crippen molar-refractivity contribution in [1.82, 2.24) is 34.7 Å². The van der Waals surface area contributed by atoms with Gasteiger partial charge in [0.1, 0.15) is 11.2 Å². The summed E-state index contributed by atoms with van der Waals surface area (Å²) >= 11 is 1.36. The number of fused-ring (bicyclic) bond motifs is 1. The van der Waals surface area contributed by atoms with Gasteiger partial charge in [-0.2, -0.15) is 5.10 Å². The van der Waals surface area contributed by atoms with E-state index in [1.54, 1.807) is 35.5 Å². The van der Waals surface area contributed by atoms with Crippen molar-refractivity contribution in [3.05, 3.63) is 55.1 Å². The molecule has 0 aliphatic heterocycles. The molecule has 1 N–H and O–H groups in total. The SMILES string of the molecule is Cn1nc(-c2cccnc2)c2[nH]c(-c3ccc(Sc4ncccn4)o3)nc21. The smallest absolute Gasteiger partial charge is 0.195 e. The number of nitrogens with one attached hydrogen (secondary N) is 1. The van der Waals surface area contributed by atoms with Gasteiger partial charge in [0.2, 0.25) is 0 Å². The molecule has 0 spiro atoms. The fraction of sp³-hybridized carbons (Fsp3) is 0.0556. The van der Waals surface area contributed by atoms with E-state index in [1.165, 1.54) is 11.8 Å². The fourth-order valence-corrected chi connectivity index (χ4v) is 3.44. The highest BCUT2D eigenvalue weighted by Gasteiger charge is 2.18. The first-order valence-corrected chi connectivity index (χ1v) is 8.98. The maximum Gasteiger partial charge on any atom is 0.195 e. The van der Waals surface area contributed by atoms with Gasteiger partial charge in [0.25, 0.3) is 0 Å². The Morgan fingerprint density at radius 2 is 1.96 bits per heavy atom. The molecule has 0 saturated carbocycles. The second-order valence-electron chi connectivity index (χ2n) is 5.75. The Labute approximate surface area is 157 Å². The first-order valence-electron chi connectivity index (χ1n) is 8.16. The Kier molecular flexibility index (Phi) is 3.72. The van der Waals surface area contributed by atoms with Crippen molar-refractivity contribution in [2.45, 2.75) is 10.2 Å². The van der Waals surface area contributed by atoms with Crippen molar-refractivity contribution < 1.29 is 4.42 Å². The molecule has 0 unspecified atom stereocenters. The third kappa shape index (κ3) is 2.87. The van der Waals surface area contributed by atoms with Gasteiger partial charge in [-0.3, -0.25) is 4.98 Å². The van der Waals surface area contributed by atoms with Crippen molar-refractivity contribution in [2.75, 3.05) is 0 Å². The normalized spacial score (nSPS) is 11.3. The van der Waals surface area contributed by atoms with Crippen molar-refractivity contribution in [2.24, 2.45) is 7.05 Å². The molecule has 0 bridgehead atoms. The van der Waals surface area contributed by atoms with Crippen molar-refractivity contribution in [3.8, 4) is 22.8 Å². The third-order valence-electron chi connectivity index (χ3n) is 3.96. The third-order valence-corrected chi connectivity index (χ3v) is 4.78. The van der Waals surface area contributed by atoms with Crippen LogP contribution < -0.4 is 0 Å². The molecule has 0 atom stereocenters. The Morgan fingerprint density at radius 3 is 2.78 bits per heavy atom. The monoisotopic (exact) mass is 375 g/mol. The summed E-state index contributed by atoms with van der Waals surface area (Å²) in [6.07, 6.45) is 6.92. The highest BCUT2D eigenvalue weighted by Crippen LogP contribution is 2.32. The van der Waals surface area contributed by atoms with E-state index in [2.05, 4.69) is 30.0 Å². The predicted octanol–water partition coefficient (Wildman–Crippen LogP) is 3.56. The minimum Gasteiger partial charge on any atom is -0.446 e. The molecule has 5 aromatic rings. The first-order chi connectivity index (χ1) is 13.3. The second-order valence-corrected chi connectivity index (χ2v) is 6.72. The molecule has 8 nitrogen and oxygen atoms in total. The van der Waals surface area contributed by atoms with E-state index in [1.807, 2.05) is 31.3 Å². The maximum atomic E-state index is 5.91. The molecule has 9 heteroatoms. The van der Waals surface area contributed by atoms with E-state index >= 15 is 0 Å². The largest absolute Gasteiger partial charge is 0.446 e. The standard InChI is InChI=1S/C18H13N7OS/c1-25-17-15(14(24-25)11-4-2-7-19-10-11)22-16(23-17)12-5-6-13(26-12)27-18-20-8-3-9-21-18/h2-10H,1H3,(H,22,23). The predicted molar refractivity (Wildman–Crippen MR) is 99.9 cm³/mol. The van der Waals surface area contributed by atoms with Crippen LogP contribution in [0.15, 0.2) is 69.8 Å². The van der Waals surface area contributed by atoms with Crippen molar-refractivity contribution in [1.29, 1.82) is 0 Å². The number of aryl methyl sites for hydroxylation is 1.